The van der Waals surface area contributed by atoms with Gasteiger partial charge in [0.05, 0.1) is 24.5 Å². The van der Waals surface area contributed by atoms with Crippen molar-refractivity contribution in [3.05, 3.63) is 72.2 Å². The number of aromatic nitrogens is 4. The third kappa shape index (κ3) is 4.72. The molecule has 5 heterocycles. The molecule has 0 amide bonds. The van der Waals surface area contributed by atoms with E-state index >= 15 is 0 Å². The van der Waals surface area contributed by atoms with E-state index in [0.717, 1.165) is 66.7 Å². The molecule has 1 atom stereocenters. The van der Waals surface area contributed by atoms with E-state index in [2.05, 4.69) is 14.8 Å². The monoisotopic (exact) mass is 501 g/mol. The minimum Gasteiger partial charge on any atom is -0.480 e. The van der Waals surface area contributed by atoms with Gasteiger partial charge in [0.25, 0.3) is 0 Å². The summed E-state index contributed by atoms with van der Waals surface area (Å²) in [5, 5.41) is 14.0. The van der Waals surface area contributed by atoms with Crippen LogP contribution < -0.4 is 9.80 Å². The second-order valence-electron chi connectivity index (χ2n) is 9.55. The smallest absolute Gasteiger partial charge is 0.317 e. The molecule has 9 nitrogen and oxygen atoms in total. The maximum atomic E-state index is 13.9. The lowest BCUT2D eigenvalue weighted by Crippen LogP contribution is -2.48. The van der Waals surface area contributed by atoms with Crippen LogP contribution in [0.1, 0.15) is 24.4 Å². The highest BCUT2D eigenvalue weighted by Crippen LogP contribution is 2.35. The van der Waals surface area contributed by atoms with Crippen molar-refractivity contribution in [2.75, 3.05) is 49.1 Å². The molecule has 0 unspecified atom stereocenters. The van der Waals surface area contributed by atoms with Crippen LogP contribution in [-0.2, 0) is 4.79 Å². The molecule has 1 N–H and O–H groups in total. The number of halogens is 1. The number of anilines is 2. The molecule has 0 saturated carbocycles. The maximum absolute atomic E-state index is 13.9. The highest BCUT2D eigenvalue weighted by atomic mass is 19.1. The zero-order valence-electron chi connectivity index (χ0n) is 20.4. The second-order valence-corrected chi connectivity index (χ2v) is 9.55. The Morgan fingerprint density at radius 1 is 1.00 bits per heavy atom. The number of fused-ring (bicyclic) bond motifs is 1. The lowest BCUT2D eigenvalue weighted by molar-refractivity contribution is -0.138. The van der Waals surface area contributed by atoms with Gasteiger partial charge in [-0.15, -0.1) is 5.10 Å². The quantitative estimate of drug-likeness (QED) is 0.430. The predicted octanol–water partition coefficient (Wildman–Crippen LogP) is 3.48. The van der Waals surface area contributed by atoms with Crippen LogP contribution in [0.5, 0.6) is 0 Å². The summed E-state index contributed by atoms with van der Waals surface area (Å²) in [4.78, 5) is 26.8. The Hall–Kier alpha value is -4.05. The summed E-state index contributed by atoms with van der Waals surface area (Å²) in [6, 6.07) is 16.7. The number of carbonyl (C=O) groups is 1. The van der Waals surface area contributed by atoms with Crippen molar-refractivity contribution in [2.45, 2.75) is 18.9 Å². The Morgan fingerprint density at radius 2 is 1.84 bits per heavy atom. The molecule has 0 radical (unpaired) electrons. The highest BCUT2D eigenvalue weighted by molar-refractivity contribution is 5.69. The van der Waals surface area contributed by atoms with Crippen molar-refractivity contribution in [1.82, 2.24) is 24.5 Å². The fourth-order valence-electron chi connectivity index (χ4n) is 5.36. The van der Waals surface area contributed by atoms with Crippen molar-refractivity contribution in [3.8, 4) is 11.4 Å². The van der Waals surface area contributed by atoms with E-state index in [1.807, 2.05) is 45.8 Å². The molecule has 0 spiro atoms. The van der Waals surface area contributed by atoms with Crippen molar-refractivity contribution in [3.63, 3.8) is 0 Å². The third-order valence-electron chi connectivity index (χ3n) is 7.18. The van der Waals surface area contributed by atoms with E-state index in [0.29, 0.717) is 13.1 Å². The Kier molecular flexibility index (Phi) is 6.17. The van der Waals surface area contributed by atoms with Gasteiger partial charge in [0.2, 0.25) is 0 Å². The number of hydrogen-bond acceptors (Lipinski definition) is 7. The molecule has 10 heteroatoms. The highest BCUT2D eigenvalue weighted by Gasteiger charge is 2.28. The normalized spacial score (nSPS) is 18.6. The molecule has 2 aliphatic heterocycles. The number of rotatable bonds is 6. The van der Waals surface area contributed by atoms with Gasteiger partial charge in [-0.3, -0.25) is 9.69 Å². The van der Waals surface area contributed by atoms with Gasteiger partial charge in [0.15, 0.2) is 5.65 Å². The van der Waals surface area contributed by atoms with Crippen LogP contribution in [-0.4, -0.2) is 74.8 Å². The number of carboxylic acid groups (broad SMARTS) is 1. The molecule has 0 aliphatic carbocycles. The topological polar surface area (TPSA) is 90.1 Å². The van der Waals surface area contributed by atoms with Gasteiger partial charge in [-0.2, -0.15) is 0 Å². The van der Waals surface area contributed by atoms with Gasteiger partial charge in [-0.05, 0) is 54.8 Å². The van der Waals surface area contributed by atoms with Gasteiger partial charge in [0, 0.05) is 32.7 Å². The van der Waals surface area contributed by atoms with E-state index in [9.17, 15) is 9.18 Å². The molecule has 1 aromatic carbocycles. The summed E-state index contributed by atoms with van der Waals surface area (Å²) in [5.74, 6) is 0.650. The minimum atomic E-state index is -0.802. The number of piperazine rings is 1. The second kappa shape index (κ2) is 9.78. The van der Waals surface area contributed by atoms with Gasteiger partial charge < -0.3 is 14.9 Å². The van der Waals surface area contributed by atoms with Gasteiger partial charge in [0.1, 0.15) is 23.1 Å². The summed E-state index contributed by atoms with van der Waals surface area (Å²) in [6.45, 7) is 3.72. The van der Waals surface area contributed by atoms with Crippen LogP contribution in [0.4, 0.5) is 16.0 Å². The van der Waals surface area contributed by atoms with E-state index < -0.39 is 5.97 Å². The summed E-state index contributed by atoms with van der Waals surface area (Å²) < 4.78 is 15.7. The van der Waals surface area contributed by atoms with Crippen molar-refractivity contribution in [2.24, 2.45) is 0 Å². The van der Waals surface area contributed by atoms with E-state index in [-0.39, 0.29) is 18.4 Å². The lowest BCUT2D eigenvalue weighted by Gasteiger charge is -2.34. The Labute approximate surface area is 213 Å². The Balaban J connectivity index is 1.27. The van der Waals surface area contributed by atoms with Crippen LogP contribution in [0.2, 0.25) is 0 Å². The Bertz CT molecular complexity index is 1430. The number of imidazole rings is 1. The molecule has 4 aromatic rings. The van der Waals surface area contributed by atoms with Gasteiger partial charge >= 0.3 is 5.97 Å². The van der Waals surface area contributed by atoms with Crippen molar-refractivity contribution < 1.29 is 14.3 Å². The summed E-state index contributed by atoms with van der Waals surface area (Å²) >= 11 is 0. The number of carboxylic acids is 1. The first-order valence-corrected chi connectivity index (χ1v) is 12.6. The third-order valence-corrected chi connectivity index (χ3v) is 7.18. The zero-order valence-corrected chi connectivity index (χ0v) is 20.4. The first kappa shape index (κ1) is 23.4. The number of hydrogen-bond donors (Lipinski definition) is 1. The summed E-state index contributed by atoms with van der Waals surface area (Å²) in [6.07, 6.45) is 3.75. The van der Waals surface area contributed by atoms with E-state index in [4.69, 9.17) is 15.2 Å². The number of benzene rings is 1. The van der Waals surface area contributed by atoms with Crippen LogP contribution in [0, 0.1) is 5.82 Å². The molecular formula is C27H28FN7O2. The average molecular weight is 502 g/mol. The standard InChI is InChI=1S/C27H28FN7O2/c28-20-5-1-4-19(16-20)22-7-3-11-34(22)26-10-9-24-29-17-23(35(24)31-26)21-6-2-8-25(30-21)33-14-12-32(13-15-33)18-27(36)37/h1-2,4-6,8-10,16-17,22H,3,7,11-15,18H2,(H,36,37)/t22-/m0/s1. The van der Waals surface area contributed by atoms with Gasteiger partial charge in [-0.1, -0.05) is 18.2 Å². The summed E-state index contributed by atoms with van der Waals surface area (Å²) in [5.41, 5.74) is 3.26. The SMILES string of the molecule is O=C(O)CN1CCN(c2cccc(-c3cnc4ccc(N5CCC[C@H]5c5cccc(F)c5)nn34)n2)CC1. The lowest BCUT2D eigenvalue weighted by atomic mass is 10.0. The molecular weight excluding hydrogens is 473 g/mol. The number of nitrogens with zero attached hydrogens (tertiary/aromatic N) is 7. The van der Waals surface area contributed by atoms with E-state index in [1.54, 1.807) is 18.3 Å². The largest absolute Gasteiger partial charge is 0.480 e. The number of pyridine rings is 1. The molecule has 2 fully saturated rings. The fourth-order valence-corrected chi connectivity index (χ4v) is 5.36. The molecule has 6 rings (SSSR count). The number of aliphatic carboxylic acids is 1. The fraction of sp³-hybridized carbons (Fsp3) is 0.333. The molecule has 3 aromatic heterocycles. The molecule has 37 heavy (non-hydrogen) atoms. The van der Waals surface area contributed by atoms with Crippen LogP contribution in [0.25, 0.3) is 17.0 Å². The zero-order chi connectivity index (χ0) is 25.4. The van der Waals surface area contributed by atoms with Crippen molar-refractivity contribution in [1.29, 1.82) is 0 Å². The first-order chi connectivity index (χ1) is 18.0. The average Bonchev–Trinajstić information content (AvgIpc) is 3.56. The van der Waals surface area contributed by atoms with E-state index in [1.165, 1.54) is 6.07 Å². The first-order valence-electron chi connectivity index (χ1n) is 12.6. The minimum absolute atomic E-state index is 0.0637. The molecule has 2 saturated heterocycles. The molecule has 2 aliphatic rings. The van der Waals surface area contributed by atoms with Crippen molar-refractivity contribution >= 4 is 23.3 Å². The summed E-state index contributed by atoms with van der Waals surface area (Å²) in [7, 11) is 0. The maximum Gasteiger partial charge on any atom is 0.317 e. The Morgan fingerprint density at radius 3 is 2.65 bits per heavy atom. The van der Waals surface area contributed by atoms with Crippen LogP contribution in [0.3, 0.4) is 0 Å². The molecule has 0 bridgehead atoms. The van der Waals surface area contributed by atoms with Crippen LogP contribution >= 0.6 is 0 Å². The predicted molar refractivity (Wildman–Crippen MR) is 138 cm³/mol. The van der Waals surface area contributed by atoms with Crippen LogP contribution in [0.15, 0.2) is 60.8 Å². The van der Waals surface area contributed by atoms with Gasteiger partial charge in [-0.25, -0.2) is 18.9 Å². The molecule has 190 valence electrons.